The van der Waals surface area contributed by atoms with Gasteiger partial charge in [-0.05, 0) is 326 Å². The van der Waals surface area contributed by atoms with Gasteiger partial charge in [-0.15, -0.1) is 0 Å². The van der Waals surface area contributed by atoms with Crippen LogP contribution in [0.5, 0.6) is 0 Å². The Kier molecular flexibility index (Phi) is 19.3. The Balaban J connectivity index is 0.000000149. The highest BCUT2D eigenvalue weighted by Gasteiger charge is 2.26. The molecule has 0 saturated carbocycles. The average Bonchev–Trinajstić information content (AvgIpc) is 0.709. The van der Waals surface area contributed by atoms with E-state index in [1.54, 1.807) is 0 Å². The lowest BCUT2D eigenvalue weighted by Gasteiger charge is -2.23. The summed E-state index contributed by atoms with van der Waals surface area (Å²) in [5, 5.41) is 25.5. The molecule has 0 fully saturated rings. The molecule has 24 aromatic carbocycles. The van der Waals surface area contributed by atoms with Crippen molar-refractivity contribution in [2.75, 3.05) is 0 Å². The zero-order chi connectivity index (χ0) is 87.6. The second-order valence-electron chi connectivity index (χ2n) is 38.0. The smallest absolute Gasteiger partial charge is 0.00139 e. The van der Waals surface area contributed by atoms with Crippen LogP contribution in [0.2, 0.25) is 0 Å². The molecule has 0 atom stereocenters. The van der Waals surface area contributed by atoms with E-state index in [1.807, 2.05) is 0 Å². The van der Waals surface area contributed by atoms with Gasteiger partial charge < -0.3 is 0 Å². The van der Waals surface area contributed by atoms with Crippen molar-refractivity contribution in [2.45, 2.75) is 66.2 Å². The van der Waals surface area contributed by atoms with E-state index in [4.69, 9.17) is 0 Å². The summed E-state index contributed by atoms with van der Waals surface area (Å²) in [6.07, 6.45) is 0. The summed E-state index contributed by atoms with van der Waals surface area (Å²) in [6, 6.07) is 164. The largest absolute Gasteiger partial charge is 0.0616 e. The van der Waals surface area contributed by atoms with Crippen molar-refractivity contribution >= 4 is 108 Å². The van der Waals surface area contributed by atoms with Crippen molar-refractivity contribution < 1.29 is 0 Å². The lowest BCUT2D eigenvalue weighted by atomic mass is 9.81. The normalized spacial score (nSPS) is 12.0. The second kappa shape index (κ2) is 31.8. The third-order valence-corrected chi connectivity index (χ3v) is 27.8. The molecule has 0 amide bonds. The van der Waals surface area contributed by atoms with E-state index < -0.39 is 0 Å². The van der Waals surface area contributed by atoms with Gasteiger partial charge in [-0.25, -0.2) is 0 Å². The maximum Gasteiger partial charge on any atom is -0.00139 e. The molecular formula is C130H96. The number of rotatable bonds is 12. The fourth-order valence-corrected chi connectivity index (χ4v) is 20.5. The Morgan fingerprint density at radius 2 is 0.285 bits per heavy atom. The predicted octanol–water partition coefficient (Wildman–Crippen LogP) is 37.0. The van der Waals surface area contributed by atoms with Crippen LogP contribution in [0.3, 0.4) is 0 Å². The molecule has 24 rings (SSSR count). The summed E-state index contributed by atoms with van der Waals surface area (Å²) in [5.74, 6) is 0. The average molecular weight is 1660 g/mol. The van der Waals surface area contributed by atoms with Crippen molar-refractivity contribution in [3.05, 3.63) is 459 Å². The van der Waals surface area contributed by atoms with E-state index in [-0.39, 0.29) is 10.8 Å². The van der Waals surface area contributed by atoms with Crippen LogP contribution >= 0.6 is 0 Å². The van der Waals surface area contributed by atoms with Crippen LogP contribution in [0.1, 0.15) is 63.8 Å². The van der Waals surface area contributed by atoms with Gasteiger partial charge in [0.15, 0.2) is 0 Å². The van der Waals surface area contributed by atoms with E-state index in [2.05, 4.69) is 492 Å². The van der Waals surface area contributed by atoms with Crippen molar-refractivity contribution in [2.24, 2.45) is 0 Å². The van der Waals surface area contributed by atoms with Gasteiger partial charge in [0.05, 0.1) is 0 Å². The molecule has 0 N–H and O–H groups in total. The Hall–Kier alpha value is -15.6. The van der Waals surface area contributed by atoms with Crippen LogP contribution in [0, 0.1) is 13.8 Å². The van der Waals surface area contributed by atoms with Crippen LogP contribution in [-0.4, -0.2) is 0 Å². The minimum absolute atomic E-state index is 0.0602. The second-order valence-corrected chi connectivity index (χ2v) is 38.0. The van der Waals surface area contributed by atoms with Crippen LogP contribution in [0.4, 0.5) is 0 Å². The van der Waals surface area contributed by atoms with Crippen molar-refractivity contribution in [3.63, 3.8) is 0 Å². The van der Waals surface area contributed by atoms with Crippen LogP contribution < -0.4 is 0 Å². The van der Waals surface area contributed by atoms with Gasteiger partial charge in [0, 0.05) is 0 Å². The fourth-order valence-electron chi connectivity index (χ4n) is 20.5. The monoisotopic (exact) mass is 1660 g/mol. The van der Waals surface area contributed by atoms with Crippen molar-refractivity contribution in [1.29, 1.82) is 0 Å². The molecule has 0 spiro atoms. The van der Waals surface area contributed by atoms with Crippen LogP contribution in [0.25, 0.3) is 241 Å². The van der Waals surface area contributed by atoms with Gasteiger partial charge in [-0.1, -0.05) is 441 Å². The first-order valence-electron chi connectivity index (χ1n) is 45.8. The molecule has 0 nitrogen and oxygen atoms in total. The lowest BCUT2D eigenvalue weighted by molar-refractivity contribution is 0.590. The third kappa shape index (κ3) is 14.3. The Morgan fingerprint density at radius 3 is 0.469 bits per heavy atom. The van der Waals surface area contributed by atoms with E-state index >= 15 is 0 Å². The highest BCUT2D eigenvalue weighted by Crippen LogP contribution is 2.53. The highest BCUT2D eigenvalue weighted by atomic mass is 14.3. The van der Waals surface area contributed by atoms with Crippen molar-refractivity contribution in [1.82, 2.24) is 0 Å². The Labute approximate surface area is 761 Å². The molecule has 0 saturated heterocycles. The fraction of sp³-hybridized carbons (Fsp3) is 0.0769. The summed E-state index contributed by atoms with van der Waals surface area (Å²) >= 11 is 0. The number of fused-ring (bicyclic) bond motifs is 4. The van der Waals surface area contributed by atoms with Gasteiger partial charge in [0.2, 0.25) is 0 Å². The van der Waals surface area contributed by atoms with E-state index in [1.165, 1.54) is 264 Å². The minimum atomic E-state index is 0.0602. The molecule has 0 radical (unpaired) electrons. The molecule has 24 aromatic rings. The lowest BCUT2D eigenvalue weighted by Crippen LogP contribution is -2.10. The maximum atomic E-state index is 2.46. The van der Waals surface area contributed by atoms with Gasteiger partial charge >= 0.3 is 0 Å². The zero-order valence-corrected chi connectivity index (χ0v) is 74.6. The van der Waals surface area contributed by atoms with E-state index in [0.29, 0.717) is 0 Å². The van der Waals surface area contributed by atoms with Crippen molar-refractivity contribution in [3.8, 4) is 134 Å². The van der Waals surface area contributed by atoms with E-state index in [9.17, 15) is 0 Å². The molecule has 0 aliphatic heterocycles. The molecule has 0 heteroatoms. The third-order valence-electron chi connectivity index (χ3n) is 27.8. The molecule has 616 valence electrons. The number of benzene rings is 24. The standard InChI is InChI=1S/C68H54.C62H42/c1-67(2,3)55-31-27-49(28-32-55)63-41-61(47-21-15-45(16-22-47)53-25-19-43-11-7-9-13-51(43)39-53)57-36-38-60-64(50-29-33-56(34-30-50)68(4,5)6)42-62(58-35-37-59(63)65(57)66(58)60)48-23-17-46(18-24-48)54-26-20-44-12-8-10-14-52(44)40-54;1-39-11-15-45(16-12-39)57-37-59(47-25-19-43(20-26-47)51-29-23-41-7-3-5-9-49(41)35-51)55-34-32-54-58(46-17-13-40(2)14-18-46)38-60(56-33-31-53(57)61(55)62(54)56)48-27-21-44(22-28-48)52-30-24-42-8-4-6-10-50(42)36-52/h7-42H,1-6H3;3-38H,1-2H3. The van der Waals surface area contributed by atoms with Gasteiger partial charge in [0.1, 0.15) is 0 Å². The Morgan fingerprint density at radius 1 is 0.131 bits per heavy atom. The van der Waals surface area contributed by atoms with Gasteiger partial charge in [0.25, 0.3) is 0 Å². The maximum absolute atomic E-state index is 2.46. The SMILES string of the molecule is CC(C)(C)c1ccc(-c2cc(-c3ccc(-c4ccc5ccccc5c4)cc3)c3ccc4c(-c5ccc(C(C)(C)C)cc5)cc(-c5ccc(-c6ccc7ccccc7c6)cc5)c5ccc2c3c54)cc1.Cc1ccc(-c2cc(-c3ccc(-c4ccc5ccccc5c4)cc3)c3ccc4c(-c5ccc(C)cc5)cc(-c5ccc(-c6ccc7ccccc7c6)cc5)c5ccc2c3c45)cc1. The minimum Gasteiger partial charge on any atom is -0.0616 e. The van der Waals surface area contributed by atoms with Crippen LogP contribution in [0.15, 0.2) is 437 Å². The first-order chi connectivity index (χ1) is 63.5. The molecule has 0 aliphatic rings. The summed E-state index contributed by atoms with van der Waals surface area (Å²) in [4.78, 5) is 0. The summed E-state index contributed by atoms with van der Waals surface area (Å²) < 4.78 is 0. The highest BCUT2D eigenvalue weighted by molar-refractivity contribution is 6.34. The van der Waals surface area contributed by atoms with E-state index in [0.717, 1.165) is 0 Å². The molecule has 0 aromatic heterocycles. The molecule has 130 heavy (non-hydrogen) atoms. The molecular weight excluding hydrogens is 1560 g/mol. The summed E-state index contributed by atoms with van der Waals surface area (Å²) in [6.45, 7) is 18.1. The summed E-state index contributed by atoms with van der Waals surface area (Å²) in [5.41, 5.74) is 34.8. The molecule has 0 bridgehead atoms. The van der Waals surface area contributed by atoms with Gasteiger partial charge in [-0.2, -0.15) is 0 Å². The zero-order valence-electron chi connectivity index (χ0n) is 74.6. The number of hydrogen-bond donors (Lipinski definition) is 0. The molecule has 0 heterocycles. The topological polar surface area (TPSA) is 0 Å². The van der Waals surface area contributed by atoms with Crippen LogP contribution in [-0.2, 0) is 10.8 Å². The van der Waals surface area contributed by atoms with Gasteiger partial charge in [-0.3, -0.25) is 0 Å². The Bertz CT molecular complexity index is 8000. The first kappa shape index (κ1) is 79.1. The summed E-state index contributed by atoms with van der Waals surface area (Å²) in [7, 11) is 0. The quantitative estimate of drug-likeness (QED) is 0.107. The molecule has 0 unspecified atom stereocenters. The first-order valence-corrected chi connectivity index (χ1v) is 45.8. The molecule has 0 aliphatic carbocycles. The predicted molar refractivity (Wildman–Crippen MR) is 562 cm³/mol. The number of aryl methyl sites for hydroxylation is 2. The number of hydrogen-bond acceptors (Lipinski definition) is 0.